The monoisotopic (exact) mass is 507 g/mol. The van der Waals surface area contributed by atoms with Gasteiger partial charge in [0.1, 0.15) is 0 Å². The summed E-state index contributed by atoms with van der Waals surface area (Å²) >= 11 is 8.64. The Hall–Kier alpha value is -3.33. The molecule has 0 radical (unpaired) electrons. The third-order valence-electron chi connectivity index (χ3n) is 5.42. The van der Waals surface area contributed by atoms with Gasteiger partial charge < -0.3 is 5.11 Å². The molecule has 2 aromatic carbocycles. The van der Waals surface area contributed by atoms with Gasteiger partial charge in [0.2, 0.25) is 5.78 Å². The maximum atomic E-state index is 13.6. The highest BCUT2D eigenvalue weighted by molar-refractivity contribution is 7.22. The van der Waals surface area contributed by atoms with Crippen LogP contribution in [-0.2, 0) is 4.79 Å². The number of aryl methyl sites for hydroxylation is 2. The van der Waals surface area contributed by atoms with Gasteiger partial charge in [-0.2, -0.15) is 0 Å². The molecule has 0 aliphatic carbocycles. The molecular formula is C25H18ClN3O3S2. The van der Waals surface area contributed by atoms with Crippen molar-refractivity contribution < 1.29 is 14.7 Å². The number of benzene rings is 2. The average molecular weight is 508 g/mol. The molecule has 4 aromatic rings. The van der Waals surface area contributed by atoms with Crippen LogP contribution in [0.5, 0.6) is 0 Å². The Morgan fingerprint density at radius 3 is 2.59 bits per heavy atom. The number of ketones is 1. The van der Waals surface area contributed by atoms with Crippen molar-refractivity contribution in [3.05, 3.63) is 92.1 Å². The predicted molar refractivity (Wildman–Crippen MR) is 137 cm³/mol. The number of thiazole rings is 2. The number of anilines is 1. The van der Waals surface area contributed by atoms with Gasteiger partial charge in [-0.1, -0.05) is 65.4 Å². The van der Waals surface area contributed by atoms with Gasteiger partial charge in [-0.05, 0) is 37.6 Å². The Bertz CT molecular complexity index is 1500. The molecule has 0 spiro atoms. The molecule has 9 heteroatoms. The van der Waals surface area contributed by atoms with E-state index in [2.05, 4.69) is 9.97 Å². The molecule has 0 saturated heterocycles. The van der Waals surface area contributed by atoms with Crippen LogP contribution in [0.3, 0.4) is 0 Å². The highest BCUT2D eigenvalue weighted by atomic mass is 35.5. The third kappa shape index (κ3) is 3.94. The van der Waals surface area contributed by atoms with Crippen LogP contribution in [0.15, 0.2) is 65.9 Å². The number of nitrogens with zero attached hydrogens (tertiary/aromatic N) is 3. The van der Waals surface area contributed by atoms with Crippen LogP contribution in [0.4, 0.5) is 5.13 Å². The molecule has 5 rings (SSSR count). The first-order chi connectivity index (χ1) is 16.3. The van der Waals surface area contributed by atoms with E-state index in [-0.39, 0.29) is 5.57 Å². The summed E-state index contributed by atoms with van der Waals surface area (Å²) in [4.78, 5) is 37.5. The molecule has 34 heavy (non-hydrogen) atoms. The minimum Gasteiger partial charge on any atom is -0.503 e. The number of fused-ring (bicyclic) bond motifs is 1. The summed E-state index contributed by atoms with van der Waals surface area (Å²) in [5.74, 6) is -1.66. The number of carbonyl (C=O) groups excluding carboxylic acids is 2. The normalized spacial score (nSPS) is 16.4. The lowest BCUT2D eigenvalue weighted by atomic mass is 10.0. The average Bonchev–Trinajstić information content (AvgIpc) is 3.45. The molecule has 1 amide bonds. The summed E-state index contributed by atoms with van der Waals surface area (Å²) in [7, 11) is 0. The molecule has 1 unspecified atom stereocenters. The van der Waals surface area contributed by atoms with Gasteiger partial charge in [-0.15, -0.1) is 11.3 Å². The molecule has 1 N–H and O–H groups in total. The van der Waals surface area contributed by atoms with Gasteiger partial charge in [0.05, 0.1) is 37.4 Å². The van der Waals surface area contributed by atoms with E-state index in [1.807, 2.05) is 43.3 Å². The van der Waals surface area contributed by atoms with Crippen LogP contribution < -0.4 is 4.90 Å². The SMILES string of the molecule is Cc1nc(C)c(C(=O)C2=C(O)C(=O)N(c3nc4ccc(Cl)cc4s3)C2C=Cc2ccccc2)s1. The molecule has 2 aromatic heterocycles. The van der Waals surface area contributed by atoms with Crippen LogP contribution in [0.1, 0.15) is 25.9 Å². The van der Waals surface area contributed by atoms with Gasteiger partial charge in [-0.3, -0.25) is 14.5 Å². The van der Waals surface area contributed by atoms with Gasteiger partial charge in [0.25, 0.3) is 5.91 Å². The zero-order valence-electron chi connectivity index (χ0n) is 18.2. The zero-order chi connectivity index (χ0) is 24.0. The van der Waals surface area contributed by atoms with Crippen LogP contribution in [0.2, 0.25) is 5.02 Å². The number of aromatic nitrogens is 2. The number of hydrogen-bond acceptors (Lipinski definition) is 7. The predicted octanol–water partition coefficient (Wildman–Crippen LogP) is 6.15. The summed E-state index contributed by atoms with van der Waals surface area (Å²) in [6.45, 7) is 3.56. The van der Waals surface area contributed by atoms with Crippen molar-refractivity contribution in [2.45, 2.75) is 19.9 Å². The maximum absolute atomic E-state index is 13.6. The molecule has 1 atom stereocenters. The first-order valence-corrected chi connectivity index (χ1v) is 12.4. The van der Waals surface area contributed by atoms with E-state index in [9.17, 15) is 14.7 Å². The second-order valence-electron chi connectivity index (χ2n) is 7.74. The molecule has 0 fully saturated rings. The zero-order valence-corrected chi connectivity index (χ0v) is 20.5. The molecular weight excluding hydrogens is 490 g/mol. The first kappa shape index (κ1) is 22.5. The summed E-state index contributed by atoms with van der Waals surface area (Å²) in [5, 5.41) is 12.5. The van der Waals surface area contributed by atoms with Crippen molar-refractivity contribution in [2.24, 2.45) is 0 Å². The molecule has 170 valence electrons. The van der Waals surface area contributed by atoms with Gasteiger partial charge in [0, 0.05) is 5.02 Å². The number of aliphatic hydroxyl groups is 1. The highest BCUT2D eigenvalue weighted by Gasteiger charge is 2.44. The van der Waals surface area contributed by atoms with E-state index in [0.717, 1.165) is 15.3 Å². The van der Waals surface area contributed by atoms with Crippen molar-refractivity contribution >= 4 is 67.4 Å². The molecule has 1 aliphatic rings. The smallest absolute Gasteiger partial charge is 0.296 e. The van der Waals surface area contributed by atoms with Crippen molar-refractivity contribution in [2.75, 3.05) is 4.90 Å². The Balaban J connectivity index is 1.63. The van der Waals surface area contributed by atoms with Crippen LogP contribution in [0, 0.1) is 13.8 Å². The van der Waals surface area contributed by atoms with E-state index in [4.69, 9.17) is 11.6 Å². The number of rotatable bonds is 5. The number of hydrogen-bond donors (Lipinski definition) is 1. The number of halogens is 1. The van der Waals surface area contributed by atoms with E-state index >= 15 is 0 Å². The van der Waals surface area contributed by atoms with Crippen LogP contribution >= 0.6 is 34.3 Å². The van der Waals surface area contributed by atoms with Gasteiger partial charge in [0.15, 0.2) is 10.9 Å². The standard InChI is InChI=1S/C25H18ClN3O3S2/c1-13-23(33-14(2)27-13)21(30)20-18(11-8-15-6-4-3-5-7-15)29(24(32)22(20)31)25-28-17-10-9-16(26)12-19(17)34-25/h3-12,18,31H,1-2H3. The number of carbonyl (C=O) groups is 2. The Kier molecular flexibility index (Phi) is 5.81. The minimum atomic E-state index is -0.835. The van der Waals surface area contributed by atoms with Crippen molar-refractivity contribution in [3.63, 3.8) is 0 Å². The second kappa shape index (κ2) is 8.79. The van der Waals surface area contributed by atoms with Crippen LogP contribution in [-0.4, -0.2) is 32.8 Å². The highest BCUT2D eigenvalue weighted by Crippen LogP contribution is 2.39. The fourth-order valence-corrected chi connectivity index (χ4v) is 6.03. The lowest BCUT2D eigenvalue weighted by Gasteiger charge is -2.21. The number of aliphatic hydroxyl groups excluding tert-OH is 1. The summed E-state index contributed by atoms with van der Waals surface area (Å²) in [6.07, 6.45) is 3.57. The second-order valence-corrected chi connectivity index (χ2v) is 10.4. The molecule has 6 nitrogen and oxygen atoms in total. The lowest BCUT2D eigenvalue weighted by Crippen LogP contribution is -2.35. The Labute approximate surface area is 208 Å². The lowest BCUT2D eigenvalue weighted by molar-refractivity contribution is -0.116. The molecule has 0 bridgehead atoms. The quantitative estimate of drug-likeness (QED) is 0.328. The third-order valence-corrected chi connectivity index (χ3v) is 7.74. The number of Topliss-reactive ketones (excluding diaryl/α,β-unsaturated/α-hetero) is 1. The molecule has 3 heterocycles. The largest absolute Gasteiger partial charge is 0.503 e. The number of amides is 1. The minimum absolute atomic E-state index is 0.0150. The molecule has 0 saturated carbocycles. The fraction of sp³-hybridized carbons (Fsp3) is 0.120. The maximum Gasteiger partial charge on any atom is 0.296 e. The Morgan fingerprint density at radius 1 is 1.12 bits per heavy atom. The summed E-state index contributed by atoms with van der Waals surface area (Å²) < 4.78 is 0.800. The van der Waals surface area contributed by atoms with Crippen molar-refractivity contribution in [1.29, 1.82) is 0 Å². The summed E-state index contributed by atoms with van der Waals surface area (Å²) in [6, 6.07) is 14.0. The molecule has 1 aliphatic heterocycles. The van der Waals surface area contributed by atoms with Crippen molar-refractivity contribution in [3.8, 4) is 0 Å². The van der Waals surface area contributed by atoms with Gasteiger partial charge >= 0.3 is 0 Å². The van der Waals surface area contributed by atoms with E-state index in [0.29, 0.717) is 26.2 Å². The van der Waals surface area contributed by atoms with Crippen molar-refractivity contribution in [1.82, 2.24) is 9.97 Å². The topological polar surface area (TPSA) is 83.4 Å². The summed E-state index contributed by atoms with van der Waals surface area (Å²) in [5.41, 5.74) is 2.16. The van der Waals surface area contributed by atoms with Crippen LogP contribution in [0.25, 0.3) is 16.3 Å². The first-order valence-electron chi connectivity index (χ1n) is 10.4. The van der Waals surface area contributed by atoms with E-state index < -0.39 is 23.5 Å². The van der Waals surface area contributed by atoms with E-state index in [1.165, 1.54) is 27.6 Å². The van der Waals surface area contributed by atoms with E-state index in [1.54, 1.807) is 31.2 Å². The van der Waals surface area contributed by atoms with Gasteiger partial charge in [-0.25, -0.2) is 9.97 Å². The fourth-order valence-electron chi connectivity index (χ4n) is 3.87. The Morgan fingerprint density at radius 2 is 1.88 bits per heavy atom.